The van der Waals surface area contributed by atoms with E-state index >= 15 is 0 Å². The Morgan fingerprint density at radius 1 is 0.682 bits per heavy atom. The predicted octanol–water partition coefficient (Wildman–Crippen LogP) is 9.63. The lowest BCUT2D eigenvalue weighted by Crippen LogP contribution is -2.32. The first-order valence-electron chi connectivity index (χ1n) is 16.9. The minimum absolute atomic E-state index is 0.137. The van der Waals surface area contributed by atoms with E-state index in [-0.39, 0.29) is 14.0 Å². The van der Waals surface area contributed by atoms with Crippen LogP contribution >= 0.6 is 15.8 Å². The molecule has 0 amide bonds. The molecule has 0 spiro atoms. The summed E-state index contributed by atoms with van der Waals surface area (Å²) in [6.45, 7) is 2.40. The van der Waals surface area contributed by atoms with Gasteiger partial charge in [0.1, 0.15) is 5.69 Å². The molecule has 0 N–H and O–H groups in total. The van der Waals surface area contributed by atoms with Crippen LogP contribution in [0.2, 0.25) is 0 Å². The van der Waals surface area contributed by atoms with Crippen molar-refractivity contribution >= 4 is 31.9 Å². The Kier molecular flexibility index (Phi) is 9.53. The summed E-state index contributed by atoms with van der Waals surface area (Å²) in [5, 5.41) is 14.6. The Morgan fingerprint density at radius 2 is 1.20 bits per heavy atom. The van der Waals surface area contributed by atoms with Gasteiger partial charge in [-0.05, 0) is 87.7 Å². The van der Waals surface area contributed by atoms with Crippen LogP contribution in [0.15, 0.2) is 114 Å². The third-order valence-corrected chi connectivity index (χ3v) is 16.1. The Labute approximate surface area is 266 Å². The van der Waals surface area contributed by atoms with Crippen molar-refractivity contribution in [3.05, 3.63) is 114 Å². The fraction of sp³-hybridized carbons (Fsp3) is 0.385. The minimum atomic E-state index is -0.639. The summed E-state index contributed by atoms with van der Waals surface area (Å²) in [5.74, 6) is 0. The molecule has 0 aliphatic heterocycles. The highest BCUT2D eigenvalue weighted by Crippen LogP contribution is 2.57. The van der Waals surface area contributed by atoms with E-state index in [1.54, 1.807) is 5.31 Å². The first-order valence-corrected chi connectivity index (χ1v) is 19.7. The maximum Gasteiger partial charge on any atom is 0.120 e. The summed E-state index contributed by atoms with van der Waals surface area (Å²) in [6.07, 6.45) is 19.6. The lowest BCUT2D eigenvalue weighted by molar-refractivity contribution is 0.484. The molecule has 0 radical (unpaired) electrons. The third-order valence-electron chi connectivity index (χ3n) is 9.96. The summed E-state index contributed by atoms with van der Waals surface area (Å²) in [4.78, 5) is 0. The summed E-state index contributed by atoms with van der Waals surface area (Å²) in [5.41, 5.74) is 6.87. The van der Waals surface area contributed by atoms with Crippen molar-refractivity contribution in [2.75, 3.05) is 0 Å². The second-order valence-corrected chi connectivity index (χ2v) is 17.7. The summed E-state index contributed by atoms with van der Waals surface area (Å²) >= 11 is 0. The zero-order valence-corrected chi connectivity index (χ0v) is 27.9. The first kappa shape index (κ1) is 29.8. The highest BCUT2D eigenvalue weighted by molar-refractivity contribution is 7.76. The van der Waals surface area contributed by atoms with E-state index < -0.39 is 7.92 Å². The molecular formula is C39H45N3P2. The van der Waals surface area contributed by atoms with Crippen molar-refractivity contribution < 1.29 is 0 Å². The van der Waals surface area contributed by atoms with Gasteiger partial charge in [0.15, 0.2) is 0 Å². The number of benzene rings is 3. The maximum atomic E-state index is 5.11. The fourth-order valence-corrected chi connectivity index (χ4v) is 14.5. The highest BCUT2D eigenvalue weighted by atomic mass is 31.1. The Hall–Kier alpha value is -2.86. The Morgan fingerprint density at radius 3 is 1.75 bits per heavy atom. The largest absolute Gasteiger partial charge is 0.237 e. The quantitative estimate of drug-likeness (QED) is 0.175. The van der Waals surface area contributed by atoms with Gasteiger partial charge in [-0.1, -0.05) is 147 Å². The van der Waals surface area contributed by atoms with Crippen LogP contribution < -0.4 is 16.0 Å². The normalized spacial score (nSPS) is 18.9. The van der Waals surface area contributed by atoms with Crippen LogP contribution in [0, 0.1) is 0 Å². The summed E-state index contributed by atoms with van der Waals surface area (Å²) in [7, 11) is -1.03. The van der Waals surface area contributed by atoms with E-state index in [1.165, 1.54) is 91.4 Å². The molecule has 2 fully saturated rings. The molecule has 1 aromatic heterocycles. The van der Waals surface area contributed by atoms with E-state index in [0.29, 0.717) is 0 Å². The van der Waals surface area contributed by atoms with Crippen LogP contribution in [-0.2, 0) is 0 Å². The average Bonchev–Trinajstić information content (AvgIpc) is 3.76. The van der Waals surface area contributed by atoms with Crippen molar-refractivity contribution in [2.45, 2.75) is 94.9 Å². The number of allylic oxidation sites excluding steroid dienone is 4. The van der Waals surface area contributed by atoms with Crippen molar-refractivity contribution in [3.8, 4) is 11.3 Å². The molecule has 5 heteroatoms. The molecule has 2 saturated carbocycles. The van der Waals surface area contributed by atoms with Crippen LogP contribution in [0.5, 0.6) is 0 Å². The van der Waals surface area contributed by atoms with Crippen LogP contribution in [-0.4, -0.2) is 26.3 Å². The molecule has 7 rings (SSSR count). The molecule has 3 aromatic carbocycles. The lowest BCUT2D eigenvalue weighted by Gasteiger charge is -2.39. The topological polar surface area (TPSA) is 30.7 Å². The zero-order chi connectivity index (χ0) is 29.7. The van der Waals surface area contributed by atoms with Gasteiger partial charge < -0.3 is 0 Å². The first-order chi connectivity index (χ1) is 21.8. The number of hydrogen-bond acceptors (Lipinski definition) is 2. The van der Waals surface area contributed by atoms with Crippen molar-refractivity contribution in [3.63, 3.8) is 0 Å². The summed E-state index contributed by atoms with van der Waals surface area (Å²) < 4.78 is 2.42. The number of aromatic nitrogens is 3. The van der Waals surface area contributed by atoms with Gasteiger partial charge in [-0.2, -0.15) is 0 Å². The van der Waals surface area contributed by atoms with Crippen LogP contribution in [0.4, 0.5) is 0 Å². The number of hydrogen-bond donors (Lipinski definition) is 0. The van der Waals surface area contributed by atoms with Crippen LogP contribution in [0.25, 0.3) is 11.3 Å². The molecule has 1 heterocycles. The van der Waals surface area contributed by atoms with Gasteiger partial charge >= 0.3 is 0 Å². The molecule has 44 heavy (non-hydrogen) atoms. The second-order valence-electron chi connectivity index (χ2n) is 12.8. The molecule has 226 valence electrons. The van der Waals surface area contributed by atoms with Gasteiger partial charge in [-0.25, -0.2) is 4.68 Å². The predicted molar refractivity (Wildman–Crippen MR) is 190 cm³/mol. The summed E-state index contributed by atoms with van der Waals surface area (Å²) in [6, 6.07) is 33.5. The molecular weight excluding hydrogens is 572 g/mol. The lowest BCUT2D eigenvalue weighted by atomic mass is 9.99. The van der Waals surface area contributed by atoms with E-state index in [2.05, 4.69) is 115 Å². The monoisotopic (exact) mass is 617 g/mol. The molecule has 3 aliphatic rings. The van der Waals surface area contributed by atoms with Gasteiger partial charge in [0.25, 0.3) is 0 Å². The standard InChI is InChI=1S/C39H45N3P2/c1-30(36-28-17-29-37(36)43(32-20-9-3-10-21-32)33-22-11-4-12-23-33)42-39(38(40-41-42)31-18-7-2-8-19-31)44(34-24-13-5-14-25-34)35-26-15-6-16-27-35/h2-4,7-12,17-23,28,30,34-35H,5-6,13-16,24-27,29H2,1H3/t30-/m0/s1. The van der Waals surface area contributed by atoms with Gasteiger partial charge in [0.2, 0.25) is 0 Å². The van der Waals surface area contributed by atoms with Gasteiger partial charge in [-0.15, -0.1) is 5.10 Å². The van der Waals surface area contributed by atoms with E-state index in [0.717, 1.165) is 23.4 Å². The van der Waals surface area contributed by atoms with E-state index in [4.69, 9.17) is 10.3 Å². The maximum absolute atomic E-state index is 5.11. The van der Waals surface area contributed by atoms with Crippen molar-refractivity contribution in [2.24, 2.45) is 0 Å². The zero-order valence-electron chi connectivity index (χ0n) is 26.1. The smallest absolute Gasteiger partial charge is 0.120 e. The second kappa shape index (κ2) is 14.1. The highest BCUT2D eigenvalue weighted by Gasteiger charge is 2.38. The van der Waals surface area contributed by atoms with E-state index in [1.807, 2.05) is 0 Å². The van der Waals surface area contributed by atoms with Gasteiger partial charge in [-0.3, -0.25) is 0 Å². The molecule has 0 saturated heterocycles. The Balaban J connectivity index is 1.37. The SMILES string of the molecule is C[C@@H](C1=C(P(c2ccccc2)c2ccccc2)CC=C1)n1nnc(-c2ccccc2)c1P(C1CCCCC1)C1CCCCC1. The molecule has 0 unspecified atom stereocenters. The average molecular weight is 618 g/mol. The van der Waals surface area contributed by atoms with Crippen molar-refractivity contribution in [1.82, 2.24) is 15.0 Å². The van der Waals surface area contributed by atoms with Gasteiger partial charge in [0.05, 0.1) is 11.5 Å². The Bertz CT molecular complexity index is 1510. The number of rotatable bonds is 9. The number of nitrogens with zero attached hydrogens (tertiary/aromatic N) is 3. The minimum Gasteiger partial charge on any atom is -0.237 e. The third kappa shape index (κ3) is 6.16. The van der Waals surface area contributed by atoms with Gasteiger partial charge in [0, 0.05) is 5.56 Å². The fourth-order valence-electron chi connectivity index (χ4n) is 7.79. The molecule has 4 aromatic rings. The molecule has 1 atom stereocenters. The molecule has 3 nitrogen and oxygen atoms in total. The van der Waals surface area contributed by atoms with Crippen molar-refractivity contribution in [1.29, 1.82) is 0 Å². The van der Waals surface area contributed by atoms with Crippen LogP contribution in [0.3, 0.4) is 0 Å². The molecule has 0 bridgehead atoms. The molecule has 3 aliphatic carbocycles. The van der Waals surface area contributed by atoms with E-state index in [9.17, 15) is 0 Å². The van der Waals surface area contributed by atoms with Crippen LogP contribution in [0.1, 0.15) is 83.6 Å².